The number of quaternary nitrogens is 2. The van der Waals surface area contributed by atoms with E-state index in [0.29, 0.717) is 0 Å². The molecule has 0 aromatic rings. The Morgan fingerprint density at radius 1 is 0.933 bits per heavy atom. The van der Waals surface area contributed by atoms with E-state index in [1.165, 1.54) is 58.3 Å². The van der Waals surface area contributed by atoms with Crippen LogP contribution < -0.4 is 9.80 Å². The summed E-state index contributed by atoms with van der Waals surface area (Å²) in [6.07, 6.45) is 7.39. The average molecular weight is 212 g/mol. The lowest BCUT2D eigenvalue weighted by Gasteiger charge is -2.32. The number of nitrogens with one attached hydrogen (secondary N) is 2. The van der Waals surface area contributed by atoms with Crippen LogP contribution in [0, 0.1) is 5.92 Å². The first kappa shape index (κ1) is 11.4. The molecule has 2 fully saturated rings. The normalized spacial score (nSPS) is 43.6. The molecule has 88 valence electrons. The lowest BCUT2D eigenvalue weighted by Crippen LogP contribution is -3.19. The van der Waals surface area contributed by atoms with Gasteiger partial charge >= 0.3 is 0 Å². The maximum absolute atomic E-state index is 2.45. The molecule has 15 heavy (non-hydrogen) atoms. The summed E-state index contributed by atoms with van der Waals surface area (Å²) in [5, 5.41) is 0. The van der Waals surface area contributed by atoms with Crippen molar-refractivity contribution in [3.05, 3.63) is 0 Å². The van der Waals surface area contributed by atoms with Gasteiger partial charge in [0, 0.05) is 12.8 Å². The minimum Gasteiger partial charge on any atom is -0.333 e. The van der Waals surface area contributed by atoms with Crippen molar-refractivity contribution in [3.8, 4) is 0 Å². The highest BCUT2D eigenvalue weighted by molar-refractivity contribution is 4.69. The predicted octanol–water partition coefficient (Wildman–Crippen LogP) is -0.632. The smallest absolute Gasteiger partial charge is 0.127 e. The van der Waals surface area contributed by atoms with Crippen molar-refractivity contribution in [1.82, 2.24) is 0 Å². The van der Waals surface area contributed by atoms with Crippen molar-refractivity contribution < 1.29 is 9.80 Å². The molecule has 1 aliphatic heterocycles. The summed E-state index contributed by atoms with van der Waals surface area (Å²) in [5.41, 5.74) is 0. The molecule has 1 saturated heterocycles. The second-order valence-corrected chi connectivity index (χ2v) is 5.94. The number of rotatable bonds is 1. The van der Waals surface area contributed by atoms with Gasteiger partial charge in [0.1, 0.15) is 13.1 Å². The molecule has 2 unspecified atom stereocenters. The second-order valence-electron chi connectivity index (χ2n) is 5.94. The van der Waals surface area contributed by atoms with Gasteiger partial charge in [0.05, 0.1) is 26.2 Å². The maximum atomic E-state index is 2.45. The average Bonchev–Trinajstić information content (AvgIpc) is 2.43. The summed E-state index contributed by atoms with van der Waals surface area (Å²) in [6, 6.07) is 1.000. The van der Waals surface area contributed by atoms with Crippen molar-refractivity contribution in [1.29, 1.82) is 0 Å². The first-order valence-corrected chi connectivity index (χ1v) is 6.91. The number of hydrogen-bond acceptors (Lipinski definition) is 0. The molecule has 2 heteroatoms. The van der Waals surface area contributed by atoms with Gasteiger partial charge in [0.2, 0.25) is 0 Å². The van der Waals surface area contributed by atoms with Crippen molar-refractivity contribution in [3.63, 3.8) is 0 Å². The third kappa shape index (κ3) is 3.18. The van der Waals surface area contributed by atoms with E-state index in [1.54, 1.807) is 4.90 Å². The highest BCUT2D eigenvalue weighted by atomic mass is 15.2. The van der Waals surface area contributed by atoms with Gasteiger partial charge in [0.15, 0.2) is 0 Å². The van der Waals surface area contributed by atoms with Gasteiger partial charge in [-0.05, 0) is 18.8 Å². The third-order valence-corrected chi connectivity index (χ3v) is 4.49. The van der Waals surface area contributed by atoms with Crippen molar-refractivity contribution >= 4 is 0 Å². The summed E-state index contributed by atoms with van der Waals surface area (Å²) in [6.45, 7) is 8.09. The highest BCUT2D eigenvalue weighted by Gasteiger charge is 2.29. The standard InChI is InChI=1S/C13H26N2/c1-12-5-3-6-13(11-12)15-8-4-7-14(2)9-10-15/h12-13H,3-11H2,1-2H3/p+2/t12-,13-/m1/s1. The lowest BCUT2D eigenvalue weighted by atomic mass is 9.86. The van der Waals surface area contributed by atoms with Crippen molar-refractivity contribution in [2.75, 3.05) is 33.2 Å². The molecule has 2 rings (SSSR count). The summed E-state index contributed by atoms with van der Waals surface area (Å²) in [5.74, 6) is 0.990. The van der Waals surface area contributed by atoms with E-state index < -0.39 is 0 Å². The Morgan fingerprint density at radius 3 is 2.60 bits per heavy atom. The van der Waals surface area contributed by atoms with E-state index in [1.807, 2.05) is 4.90 Å². The van der Waals surface area contributed by atoms with Gasteiger partial charge in [-0.15, -0.1) is 0 Å². The Bertz CT molecular complexity index is 193. The van der Waals surface area contributed by atoms with Crippen LogP contribution in [0.4, 0.5) is 0 Å². The van der Waals surface area contributed by atoms with Crippen LogP contribution >= 0.6 is 0 Å². The number of likely N-dealkylation sites (N-methyl/N-ethyl adjacent to an activating group) is 1. The van der Waals surface area contributed by atoms with E-state index in [0.717, 1.165) is 12.0 Å². The van der Waals surface area contributed by atoms with Crippen molar-refractivity contribution in [2.24, 2.45) is 5.92 Å². The number of hydrogen-bond donors (Lipinski definition) is 2. The van der Waals surface area contributed by atoms with Gasteiger partial charge in [-0.1, -0.05) is 13.3 Å². The van der Waals surface area contributed by atoms with Crippen LogP contribution in [0.3, 0.4) is 0 Å². The fraction of sp³-hybridized carbons (Fsp3) is 1.00. The monoisotopic (exact) mass is 212 g/mol. The van der Waals surface area contributed by atoms with Crippen LogP contribution in [0.15, 0.2) is 0 Å². The molecule has 0 spiro atoms. The van der Waals surface area contributed by atoms with E-state index in [-0.39, 0.29) is 0 Å². The maximum Gasteiger partial charge on any atom is 0.127 e. The second kappa shape index (κ2) is 5.31. The van der Waals surface area contributed by atoms with Gasteiger partial charge in [-0.2, -0.15) is 0 Å². The first-order valence-electron chi connectivity index (χ1n) is 6.91. The summed E-state index contributed by atoms with van der Waals surface area (Å²) < 4.78 is 0. The van der Waals surface area contributed by atoms with E-state index in [2.05, 4.69) is 14.0 Å². The largest absolute Gasteiger partial charge is 0.333 e. The van der Waals surface area contributed by atoms with E-state index in [9.17, 15) is 0 Å². The minimum atomic E-state index is 0.990. The third-order valence-electron chi connectivity index (χ3n) is 4.49. The zero-order valence-corrected chi connectivity index (χ0v) is 10.5. The quantitative estimate of drug-likeness (QED) is 0.573. The van der Waals surface area contributed by atoms with Crippen LogP contribution in [0.5, 0.6) is 0 Å². The molecule has 0 bridgehead atoms. The van der Waals surface area contributed by atoms with Crippen LogP contribution in [-0.4, -0.2) is 39.3 Å². The molecule has 1 saturated carbocycles. The summed E-state index contributed by atoms with van der Waals surface area (Å²) in [4.78, 5) is 3.67. The Balaban J connectivity index is 1.85. The van der Waals surface area contributed by atoms with Gasteiger partial charge in [-0.3, -0.25) is 0 Å². The van der Waals surface area contributed by atoms with Gasteiger partial charge < -0.3 is 9.80 Å². The first-order chi connectivity index (χ1) is 7.25. The summed E-state index contributed by atoms with van der Waals surface area (Å²) in [7, 11) is 2.35. The fourth-order valence-corrected chi connectivity index (χ4v) is 3.45. The van der Waals surface area contributed by atoms with Crippen LogP contribution in [0.1, 0.15) is 39.0 Å². The molecule has 0 aromatic carbocycles. The van der Waals surface area contributed by atoms with Crippen LogP contribution in [0.2, 0.25) is 0 Å². The molecular weight excluding hydrogens is 184 g/mol. The van der Waals surface area contributed by atoms with E-state index in [4.69, 9.17) is 0 Å². The predicted molar refractivity (Wildman–Crippen MR) is 63.4 cm³/mol. The summed E-state index contributed by atoms with van der Waals surface area (Å²) >= 11 is 0. The van der Waals surface area contributed by atoms with Gasteiger partial charge in [0.25, 0.3) is 0 Å². The minimum absolute atomic E-state index is 0.990. The Hall–Kier alpha value is -0.0800. The molecule has 2 N–H and O–H groups in total. The van der Waals surface area contributed by atoms with Crippen LogP contribution in [-0.2, 0) is 0 Å². The molecule has 0 amide bonds. The fourth-order valence-electron chi connectivity index (χ4n) is 3.45. The molecule has 1 heterocycles. The zero-order chi connectivity index (χ0) is 10.7. The van der Waals surface area contributed by atoms with E-state index >= 15 is 0 Å². The highest BCUT2D eigenvalue weighted by Crippen LogP contribution is 2.21. The molecule has 0 radical (unpaired) electrons. The van der Waals surface area contributed by atoms with Crippen LogP contribution in [0.25, 0.3) is 0 Å². The van der Waals surface area contributed by atoms with Crippen molar-refractivity contribution in [2.45, 2.75) is 45.1 Å². The molecule has 1 aliphatic carbocycles. The SMILES string of the molecule is C[C@@H]1CCC[C@@H]([NH+]2CCC[NH+](C)CC2)C1. The molecular formula is C13H28N2+2. The Morgan fingerprint density at radius 2 is 1.80 bits per heavy atom. The Kier molecular flexibility index (Phi) is 4.04. The molecule has 4 atom stereocenters. The molecule has 0 aromatic heterocycles. The van der Waals surface area contributed by atoms with Gasteiger partial charge in [-0.25, -0.2) is 0 Å². The zero-order valence-electron chi connectivity index (χ0n) is 10.5. The lowest BCUT2D eigenvalue weighted by molar-refractivity contribution is -0.948. The topological polar surface area (TPSA) is 8.88 Å². The molecule has 2 aliphatic rings. The Labute approximate surface area is 94.6 Å². The molecule has 2 nitrogen and oxygen atoms in total.